The molecule has 14 rings (SSSR count). The Bertz CT molecular complexity index is 3890. The summed E-state index contributed by atoms with van der Waals surface area (Å²) in [5.74, 6) is 0.662. The highest BCUT2D eigenvalue weighted by atomic mass is 32.2. The SMILES string of the molecule is c1ccc(-c2nc(-c3ccc4nc(-c5ccccc5)c5ccc6c(c5c4c3)Sc3ccccc3C63c4ccccc4-c4ccccc43)cc(-c3cccc4oc5ccccc5c34)n2)cc1. The number of fused-ring (bicyclic) bond motifs is 16. The van der Waals surface area contributed by atoms with Gasteiger partial charge in [-0.1, -0.05) is 188 Å². The summed E-state index contributed by atoms with van der Waals surface area (Å²) in [4.78, 5) is 18.6. The fourth-order valence-electron chi connectivity index (χ4n) is 10.8. The predicted octanol–water partition coefficient (Wildman–Crippen LogP) is 15.6. The average molecular weight is 846 g/mol. The summed E-state index contributed by atoms with van der Waals surface area (Å²) in [5.41, 5.74) is 16.6. The van der Waals surface area contributed by atoms with Crippen LogP contribution in [0.25, 0.3) is 99.9 Å². The van der Waals surface area contributed by atoms with E-state index in [1.54, 1.807) is 0 Å². The van der Waals surface area contributed by atoms with Gasteiger partial charge in [-0.2, -0.15) is 0 Å². The third-order valence-corrected chi connectivity index (χ3v) is 14.8. The highest BCUT2D eigenvalue weighted by Gasteiger charge is 2.50. The molecule has 4 nitrogen and oxygen atoms in total. The highest BCUT2D eigenvalue weighted by molar-refractivity contribution is 7.99. The maximum Gasteiger partial charge on any atom is 0.160 e. The molecule has 2 aliphatic rings. The number of rotatable bonds is 4. The van der Waals surface area contributed by atoms with Gasteiger partial charge in [0, 0.05) is 59.0 Å². The fourth-order valence-corrected chi connectivity index (χ4v) is 12.2. The van der Waals surface area contributed by atoms with E-state index in [0.29, 0.717) is 5.82 Å². The zero-order valence-corrected chi connectivity index (χ0v) is 35.7. The van der Waals surface area contributed by atoms with Crippen LogP contribution in [-0.2, 0) is 5.41 Å². The molecule has 0 fully saturated rings. The molecule has 12 aromatic rings. The molecule has 0 bridgehead atoms. The molecule has 0 saturated carbocycles. The van der Waals surface area contributed by atoms with Gasteiger partial charge in [-0.15, -0.1) is 0 Å². The van der Waals surface area contributed by atoms with Crippen LogP contribution < -0.4 is 0 Å². The Kier molecular flexibility index (Phi) is 7.80. The van der Waals surface area contributed by atoms with Crippen molar-refractivity contribution in [2.45, 2.75) is 15.2 Å². The fraction of sp³-hybridized carbons (Fsp3) is 0.0167. The molecule has 65 heavy (non-hydrogen) atoms. The lowest BCUT2D eigenvalue weighted by molar-refractivity contribution is 0.669. The van der Waals surface area contributed by atoms with E-state index in [4.69, 9.17) is 19.4 Å². The van der Waals surface area contributed by atoms with E-state index in [1.165, 1.54) is 48.6 Å². The van der Waals surface area contributed by atoms with Crippen LogP contribution in [0.3, 0.4) is 0 Å². The Morgan fingerprint density at radius 2 is 1.03 bits per heavy atom. The molecule has 1 aliphatic heterocycles. The van der Waals surface area contributed by atoms with Crippen LogP contribution in [0.4, 0.5) is 0 Å². The molecule has 0 radical (unpaired) electrons. The van der Waals surface area contributed by atoms with E-state index in [1.807, 2.05) is 48.2 Å². The number of pyridine rings is 1. The molecule has 4 heterocycles. The van der Waals surface area contributed by atoms with E-state index in [2.05, 4.69) is 176 Å². The molecule has 0 unspecified atom stereocenters. The van der Waals surface area contributed by atoms with Gasteiger partial charge < -0.3 is 4.42 Å². The van der Waals surface area contributed by atoms with E-state index in [9.17, 15) is 0 Å². The zero-order chi connectivity index (χ0) is 42.6. The first-order chi connectivity index (χ1) is 32.2. The van der Waals surface area contributed by atoms with Crippen molar-refractivity contribution >= 4 is 55.4 Å². The third-order valence-electron chi connectivity index (χ3n) is 13.5. The first-order valence-electron chi connectivity index (χ1n) is 22.0. The largest absolute Gasteiger partial charge is 0.456 e. The van der Waals surface area contributed by atoms with Crippen molar-refractivity contribution < 1.29 is 4.42 Å². The summed E-state index contributed by atoms with van der Waals surface area (Å²) in [6.45, 7) is 0. The maximum atomic E-state index is 6.36. The van der Waals surface area contributed by atoms with Crippen molar-refractivity contribution in [2.24, 2.45) is 0 Å². The molecule has 9 aromatic carbocycles. The summed E-state index contributed by atoms with van der Waals surface area (Å²) in [6.07, 6.45) is 0. The molecule has 3 aromatic heterocycles. The summed E-state index contributed by atoms with van der Waals surface area (Å²) in [5, 5.41) is 5.50. The smallest absolute Gasteiger partial charge is 0.160 e. The molecular formula is C60H35N3OS. The number of hydrogen-bond donors (Lipinski definition) is 0. The Balaban J connectivity index is 1.07. The lowest BCUT2D eigenvalue weighted by Gasteiger charge is -2.40. The molecule has 302 valence electrons. The zero-order valence-electron chi connectivity index (χ0n) is 34.9. The Morgan fingerprint density at radius 1 is 0.385 bits per heavy atom. The summed E-state index contributed by atoms with van der Waals surface area (Å²) < 4.78 is 6.36. The lowest BCUT2D eigenvalue weighted by atomic mass is 9.67. The minimum Gasteiger partial charge on any atom is -0.456 e. The van der Waals surface area contributed by atoms with Crippen LogP contribution in [0.1, 0.15) is 22.3 Å². The first-order valence-corrected chi connectivity index (χ1v) is 22.8. The number of nitrogens with zero attached hydrogens (tertiary/aromatic N) is 3. The van der Waals surface area contributed by atoms with Gasteiger partial charge in [-0.25, -0.2) is 15.0 Å². The minimum atomic E-state index is -0.511. The summed E-state index contributed by atoms with van der Waals surface area (Å²) in [6, 6.07) is 75.9. The van der Waals surface area contributed by atoms with Gasteiger partial charge >= 0.3 is 0 Å². The van der Waals surface area contributed by atoms with Crippen molar-refractivity contribution in [3.05, 3.63) is 235 Å². The van der Waals surface area contributed by atoms with Gasteiger partial charge in [0.15, 0.2) is 5.82 Å². The Morgan fingerprint density at radius 3 is 1.83 bits per heavy atom. The van der Waals surface area contributed by atoms with Gasteiger partial charge in [0.05, 0.1) is 28.0 Å². The normalized spacial score (nSPS) is 13.3. The van der Waals surface area contributed by atoms with E-state index < -0.39 is 5.41 Å². The third kappa shape index (κ3) is 5.24. The standard InChI is InChI=1S/C60H35N3OS/c1-3-16-36(17-4-1)57-43-31-32-48-58(65-54-29-14-12-26-47(54)60(48)45-24-10-7-20-39(45)40-21-8-11-25-46(40)60)56(43)44-34-38(30-33-49(44)61-57)50-35-51(63-59(62-50)37-18-5-2-6-19-37)41-23-15-28-53-55(41)42-22-9-13-27-52(42)64-53/h1-35H. The van der Waals surface area contributed by atoms with Crippen molar-refractivity contribution in [3.8, 4) is 56.3 Å². The van der Waals surface area contributed by atoms with Crippen molar-refractivity contribution in [1.29, 1.82) is 0 Å². The van der Waals surface area contributed by atoms with E-state index in [0.717, 1.165) is 77.6 Å². The van der Waals surface area contributed by atoms with Gasteiger partial charge in [0.2, 0.25) is 0 Å². The number of benzene rings is 9. The second-order valence-corrected chi connectivity index (χ2v) is 18.0. The van der Waals surface area contributed by atoms with Crippen molar-refractivity contribution in [3.63, 3.8) is 0 Å². The van der Waals surface area contributed by atoms with Crippen LogP contribution in [0.15, 0.2) is 227 Å². The topological polar surface area (TPSA) is 51.8 Å². The van der Waals surface area contributed by atoms with Gasteiger partial charge in [-0.05, 0) is 69.8 Å². The monoisotopic (exact) mass is 845 g/mol. The van der Waals surface area contributed by atoms with Crippen LogP contribution in [0.2, 0.25) is 0 Å². The summed E-state index contributed by atoms with van der Waals surface area (Å²) >= 11 is 1.88. The molecule has 0 N–H and O–H groups in total. The molecule has 5 heteroatoms. The van der Waals surface area contributed by atoms with Crippen LogP contribution in [-0.4, -0.2) is 15.0 Å². The second kappa shape index (κ2) is 13.9. The van der Waals surface area contributed by atoms with E-state index in [-0.39, 0.29) is 0 Å². The van der Waals surface area contributed by atoms with Crippen LogP contribution >= 0.6 is 11.8 Å². The quantitative estimate of drug-likeness (QED) is 0.165. The second-order valence-electron chi connectivity index (χ2n) is 17.0. The van der Waals surface area contributed by atoms with Crippen LogP contribution in [0.5, 0.6) is 0 Å². The molecule has 1 aliphatic carbocycles. The molecule has 0 atom stereocenters. The Hall–Kier alpha value is -8.12. The number of para-hydroxylation sites is 1. The maximum absolute atomic E-state index is 6.36. The molecule has 0 amide bonds. The van der Waals surface area contributed by atoms with Gasteiger partial charge in [0.25, 0.3) is 0 Å². The number of furan rings is 1. The molecule has 0 saturated heterocycles. The number of aromatic nitrogens is 3. The van der Waals surface area contributed by atoms with Gasteiger partial charge in [-0.3, -0.25) is 0 Å². The lowest BCUT2D eigenvalue weighted by Crippen LogP contribution is -2.32. The van der Waals surface area contributed by atoms with Crippen molar-refractivity contribution in [1.82, 2.24) is 15.0 Å². The first kappa shape index (κ1) is 36.4. The van der Waals surface area contributed by atoms with Gasteiger partial charge in [0.1, 0.15) is 11.2 Å². The van der Waals surface area contributed by atoms with E-state index >= 15 is 0 Å². The van der Waals surface area contributed by atoms with Crippen LogP contribution in [0, 0.1) is 0 Å². The van der Waals surface area contributed by atoms with Crippen molar-refractivity contribution in [2.75, 3.05) is 0 Å². The molecule has 1 spiro atoms. The highest BCUT2D eigenvalue weighted by Crippen LogP contribution is 2.63. The Labute approximate surface area is 378 Å². The minimum absolute atomic E-state index is 0.511. The molecular weight excluding hydrogens is 811 g/mol. The summed E-state index contributed by atoms with van der Waals surface area (Å²) in [7, 11) is 0. The number of hydrogen-bond acceptors (Lipinski definition) is 5. The predicted molar refractivity (Wildman–Crippen MR) is 265 cm³/mol. The average Bonchev–Trinajstić information content (AvgIpc) is 3.90.